The first-order chi connectivity index (χ1) is 12.4. The minimum atomic E-state index is -0.432. The third-order valence-electron chi connectivity index (χ3n) is 3.66. The second kappa shape index (κ2) is 7.49. The molecule has 0 aliphatic rings. The second-order valence-electron chi connectivity index (χ2n) is 5.74. The number of aryl methyl sites for hydroxylation is 2. The number of nitrogens with one attached hydrogen (secondary N) is 2. The summed E-state index contributed by atoms with van der Waals surface area (Å²) in [5, 5.41) is 6.10. The smallest absolute Gasteiger partial charge is 0.274 e. The van der Waals surface area contributed by atoms with Gasteiger partial charge in [0.15, 0.2) is 0 Å². The molecule has 0 bridgehead atoms. The van der Waals surface area contributed by atoms with Crippen molar-refractivity contribution in [1.82, 2.24) is 9.97 Å². The van der Waals surface area contributed by atoms with Crippen molar-refractivity contribution in [2.75, 3.05) is 10.6 Å². The average molecular weight is 371 g/mol. The van der Waals surface area contributed by atoms with Crippen LogP contribution in [0.1, 0.15) is 21.7 Å². The fraction of sp³-hybridized carbons (Fsp3) is 0.105. The number of benzene rings is 2. The highest BCUT2D eigenvalue weighted by Crippen LogP contribution is 2.21. The largest absolute Gasteiger partial charge is 0.322 e. The molecule has 2 N–H and O–H groups in total. The van der Waals surface area contributed by atoms with Crippen molar-refractivity contribution < 1.29 is 9.18 Å². The number of halogens is 2. The number of hydrogen-bond donors (Lipinski definition) is 2. The Balaban J connectivity index is 1.86. The van der Waals surface area contributed by atoms with E-state index in [9.17, 15) is 9.18 Å². The maximum absolute atomic E-state index is 13.8. The van der Waals surface area contributed by atoms with E-state index in [2.05, 4.69) is 20.6 Å². The number of para-hydroxylation sites is 1. The lowest BCUT2D eigenvalue weighted by Crippen LogP contribution is -2.16. The average Bonchev–Trinajstić information content (AvgIpc) is 2.59. The van der Waals surface area contributed by atoms with Gasteiger partial charge in [0, 0.05) is 16.4 Å². The molecular formula is C19H16ClFN4O. The highest BCUT2D eigenvalue weighted by molar-refractivity contribution is 6.31. The molecule has 132 valence electrons. The van der Waals surface area contributed by atoms with Gasteiger partial charge < -0.3 is 10.6 Å². The summed E-state index contributed by atoms with van der Waals surface area (Å²) in [5.74, 6) is -0.696. The van der Waals surface area contributed by atoms with E-state index in [1.54, 1.807) is 43.3 Å². The van der Waals surface area contributed by atoms with Crippen LogP contribution in [0.15, 0.2) is 48.5 Å². The highest BCUT2D eigenvalue weighted by Gasteiger charge is 2.13. The van der Waals surface area contributed by atoms with Gasteiger partial charge in [-0.25, -0.2) is 14.4 Å². The number of amides is 1. The van der Waals surface area contributed by atoms with Crippen molar-refractivity contribution in [2.45, 2.75) is 13.8 Å². The lowest BCUT2D eigenvalue weighted by Gasteiger charge is -2.11. The lowest BCUT2D eigenvalue weighted by atomic mass is 10.2. The molecule has 0 aliphatic carbocycles. The van der Waals surface area contributed by atoms with Crippen molar-refractivity contribution in [3.05, 3.63) is 76.3 Å². The first-order valence-corrected chi connectivity index (χ1v) is 8.25. The molecule has 2 aromatic carbocycles. The molecule has 7 heteroatoms. The van der Waals surface area contributed by atoms with Gasteiger partial charge in [0.2, 0.25) is 5.95 Å². The van der Waals surface area contributed by atoms with Crippen LogP contribution in [0.5, 0.6) is 0 Å². The maximum Gasteiger partial charge on any atom is 0.274 e. The predicted octanol–water partition coefficient (Wildman–Crippen LogP) is 4.88. The zero-order valence-electron chi connectivity index (χ0n) is 14.2. The molecule has 26 heavy (non-hydrogen) atoms. The number of carbonyl (C=O) groups excluding carboxylic acids is 1. The molecule has 1 aromatic heterocycles. The number of hydrogen-bond acceptors (Lipinski definition) is 4. The van der Waals surface area contributed by atoms with E-state index < -0.39 is 11.7 Å². The van der Waals surface area contributed by atoms with Gasteiger partial charge in [-0.05, 0) is 49.7 Å². The van der Waals surface area contributed by atoms with Gasteiger partial charge in [-0.2, -0.15) is 0 Å². The molecule has 0 aliphatic heterocycles. The quantitative estimate of drug-likeness (QED) is 0.686. The number of anilines is 3. The van der Waals surface area contributed by atoms with Crippen LogP contribution in [-0.4, -0.2) is 15.9 Å². The fourth-order valence-electron chi connectivity index (χ4n) is 2.34. The molecule has 0 saturated carbocycles. The Hall–Kier alpha value is -2.99. The minimum absolute atomic E-state index is 0.142. The summed E-state index contributed by atoms with van der Waals surface area (Å²) in [5.41, 5.74) is 2.44. The molecular weight excluding hydrogens is 355 g/mol. The van der Waals surface area contributed by atoms with Crippen LogP contribution in [0.2, 0.25) is 5.02 Å². The number of carbonyl (C=O) groups is 1. The van der Waals surface area contributed by atoms with E-state index in [4.69, 9.17) is 11.6 Å². The van der Waals surface area contributed by atoms with Crippen molar-refractivity contribution >= 4 is 34.8 Å². The van der Waals surface area contributed by atoms with Gasteiger partial charge in [0.1, 0.15) is 11.5 Å². The SMILES string of the molecule is Cc1cc(C(=O)Nc2cc(Cl)ccc2C)nc(Nc2ccccc2F)n1. The monoisotopic (exact) mass is 370 g/mol. The zero-order chi connectivity index (χ0) is 18.7. The van der Waals surface area contributed by atoms with Crippen LogP contribution in [0.4, 0.5) is 21.7 Å². The molecule has 0 radical (unpaired) electrons. The zero-order valence-corrected chi connectivity index (χ0v) is 14.9. The van der Waals surface area contributed by atoms with E-state index in [0.29, 0.717) is 16.4 Å². The molecule has 0 atom stereocenters. The minimum Gasteiger partial charge on any atom is -0.322 e. The second-order valence-corrected chi connectivity index (χ2v) is 6.17. The van der Waals surface area contributed by atoms with E-state index in [1.165, 1.54) is 6.07 Å². The topological polar surface area (TPSA) is 66.9 Å². The Kier molecular flexibility index (Phi) is 5.14. The van der Waals surface area contributed by atoms with Crippen LogP contribution in [-0.2, 0) is 0 Å². The van der Waals surface area contributed by atoms with Crippen molar-refractivity contribution in [3.8, 4) is 0 Å². The van der Waals surface area contributed by atoms with E-state index in [-0.39, 0.29) is 17.3 Å². The molecule has 5 nitrogen and oxygen atoms in total. The van der Waals surface area contributed by atoms with Crippen LogP contribution in [0.3, 0.4) is 0 Å². The highest BCUT2D eigenvalue weighted by atomic mass is 35.5. The van der Waals surface area contributed by atoms with E-state index in [1.807, 2.05) is 13.0 Å². The van der Waals surface area contributed by atoms with Gasteiger partial charge in [-0.15, -0.1) is 0 Å². The Morgan fingerprint density at radius 3 is 2.58 bits per heavy atom. The Morgan fingerprint density at radius 1 is 1.04 bits per heavy atom. The Labute approximate surface area is 155 Å². The van der Waals surface area contributed by atoms with Gasteiger partial charge in [0.25, 0.3) is 5.91 Å². The first kappa shape index (κ1) is 17.8. The molecule has 3 aromatic rings. The molecule has 1 heterocycles. The Bertz CT molecular complexity index is 978. The van der Waals surface area contributed by atoms with Gasteiger partial charge >= 0.3 is 0 Å². The molecule has 0 saturated heterocycles. The van der Waals surface area contributed by atoms with Gasteiger partial charge in [-0.1, -0.05) is 29.8 Å². The molecule has 0 unspecified atom stereocenters. The molecule has 0 fully saturated rings. The molecule has 0 spiro atoms. The first-order valence-electron chi connectivity index (χ1n) is 7.87. The fourth-order valence-corrected chi connectivity index (χ4v) is 2.51. The normalized spacial score (nSPS) is 10.5. The Morgan fingerprint density at radius 2 is 1.81 bits per heavy atom. The summed E-state index contributed by atoms with van der Waals surface area (Å²) in [7, 11) is 0. The number of rotatable bonds is 4. The summed E-state index contributed by atoms with van der Waals surface area (Å²) in [4.78, 5) is 20.9. The summed E-state index contributed by atoms with van der Waals surface area (Å²) >= 11 is 5.98. The summed E-state index contributed by atoms with van der Waals surface area (Å²) in [6.45, 7) is 3.60. The summed E-state index contributed by atoms with van der Waals surface area (Å²) < 4.78 is 13.8. The standard InChI is InChI=1S/C19H16ClFN4O/c1-11-7-8-13(20)10-16(11)23-18(26)17-9-12(2)22-19(25-17)24-15-6-4-3-5-14(15)21/h3-10H,1-2H3,(H,23,26)(H,22,24,25). The lowest BCUT2D eigenvalue weighted by molar-refractivity contribution is 0.102. The summed E-state index contributed by atoms with van der Waals surface area (Å²) in [6, 6.07) is 13.0. The van der Waals surface area contributed by atoms with Crippen LogP contribution >= 0.6 is 11.6 Å². The third kappa shape index (κ3) is 4.15. The van der Waals surface area contributed by atoms with Crippen molar-refractivity contribution in [1.29, 1.82) is 0 Å². The van der Waals surface area contributed by atoms with E-state index in [0.717, 1.165) is 5.56 Å². The van der Waals surface area contributed by atoms with Gasteiger partial charge in [0.05, 0.1) is 5.69 Å². The van der Waals surface area contributed by atoms with Crippen LogP contribution < -0.4 is 10.6 Å². The van der Waals surface area contributed by atoms with Crippen LogP contribution in [0.25, 0.3) is 0 Å². The van der Waals surface area contributed by atoms with Crippen molar-refractivity contribution in [3.63, 3.8) is 0 Å². The van der Waals surface area contributed by atoms with Crippen molar-refractivity contribution in [2.24, 2.45) is 0 Å². The molecule has 1 amide bonds. The summed E-state index contributed by atoms with van der Waals surface area (Å²) in [6.07, 6.45) is 0. The third-order valence-corrected chi connectivity index (χ3v) is 3.89. The van der Waals surface area contributed by atoms with Crippen LogP contribution in [0, 0.1) is 19.7 Å². The van der Waals surface area contributed by atoms with Gasteiger partial charge in [-0.3, -0.25) is 4.79 Å². The predicted molar refractivity (Wildman–Crippen MR) is 101 cm³/mol. The maximum atomic E-state index is 13.8. The number of aromatic nitrogens is 2. The molecule has 3 rings (SSSR count). The van der Waals surface area contributed by atoms with E-state index >= 15 is 0 Å². The number of nitrogens with zero attached hydrogens (tertiary/aromatic N) is 2.